The SMILES string of the molecule is Cc1nc2c3c4c(sc3n3c(SCCc5ccccc5)nnc3n2n1)COC(C)(C)C4. The van der Waals surface area contributed by atoms with E-state index in [4.69, 9.17) is 9.72 Å². The van der Waals surface area contributed by atoms with Crippen LogP contribution in [0.1, 0.15) is 35.7 Å². The van der Waals surface area contributed by atoms with Crippen molar-refractivity contribution in [1.82, 2.24) is 29.2 Å². The molecule has 1 aliphatic heterocycles. The number of fused-ring (bicyclic) bond motifs is 8. The van der Waals surface area contributed by atoms with Crippen LogP contribution in [0.25, 0.3) is 21.6 Å². The van der Waals surface area contributed by atoms with E-state index in [0.717, 1.165) is 45.4 Å². The number of aryl methyl sites for hydroxylation is 2. The van der Waals surface area contributed by atoms with Gasteiger partial charge in [0.1, 0.15) is 10.7 Å². The number of rotatable bonds is 4. The van der Waals surface area contributed by atoms with E-state index in [9.17, 15) is 0 Å². The Bertz CT molecular complexity index is 1430. The number of nitrogens with zero attached hydrogens (tertiary/aromatic N) is 6. The first-order chi connectivity index (χ1) is 15.0. The van der Waals surface area contributed by atoms with Crippen molar-refractivity contribution in [1.29, 1.82) is 0 Å². The van der Waals surface area contributed by atoms with Gasteiger partial charge in [-0.15, -0.1) is 26.6 Å². The minimum atomic E-state index is -0.192. The lowest BCUT2D eigenvalue weighted by Crippen LogP contribution is -2.31. The molecular weight excluding hydrogens is 428 g/mol. The number of ether oxygens (including phenoxy) is 1. The van der Waals surface area contributed by atoms with Crippen molar-refractivity contribution in [3.63, 3.8) is 0 Å². The van der Waals surface area contributed by atoms with Gasteiger partial charge in [-0.25, -0.2) is 9.38 Å². The van der Waals surface area contributed by atoms with Gasteiger partial charge in [0.05, 0.1) is 17.6 Å². The molecule has 0 bridgehead atoms. The maximum Gasteiger partial charge on any atom is 0.260 e. The average molecular weight is 451 g/mol. The van der Waals surface area contributed by atoms with E-state index >= 15 is 0 Å². The van der Waals surface area contributed by atoms with Crippen molar-refractivity contribution in [3.8, 4) is 0 Å². The zero-order chi connectivity index (χ0) is 21.2. The van der Waals surface area contributed by atoms with Crippen molar-refractivity contribution in [2.45, 2.75) is 51.0 Å². The smallest absolute Gasteiger partial charge is 0.260 e. The molecule has 158 valence electrons. The van der Waals surface area contributed by atoms with Gasteiger partial charge in [0.25, 0.3) is 5.78 Å². The summed E-state index contributed by atoms with van der Waals surface area (Å²) >= 11 is 3.50. The molecule has 0 fully saturated rings. The summed E-state index contributed by atoms with van der Waals surface area (Å²) in [6.07, 6.45) is 1.84. The van der Waals surface area contributed by atoms with Crippen LogP contribution in [0.4, 0.5) is 0 Å². The Hall–Kier alpha value is -2.49. The number of hydrogen-bond donors (Lipinski definition) is 0. The van der Waals surface area contributed by atoms with Crippen molar-refractivity contribution in [3.05, 3.63) is 52.2 Å². The highest BCUT2D eigenvalue weighted by Gasteiger charge is 2.32. The Kier molecular flexibility index (Phi) is 4.35. The quantitative estimate of drug-likeness (QED) is 0.376. The number of benzene rings is 1. The summed E-state index contributed by atoms with van der Waals surface area (Å²) in [5.74, 6) is 2.38. The van der Waals surface area contributed by atoms with Crippen LogP contribution in [-0.4, -0.2) is 40.6 Å². The highest BCUT2D eigenvalue weighted by Crippen LogP contribution is 2.41. The summed E-state index contributed by atoms with van der Waals surface area (Å²) in [6, 6.07) is 10.5. The van der Waals surface area contributed by atoms with Crippen molar-refractivity contribution >= 4 is 44.7 Å². The van der Waals surface area contributed by atoms with E-state index in [0.29, 0.717) is 12.4 Å². The fourth-order valence-corrected chi connectivity index (χ4v) is 6.42. The summed E-state index contributed by atoms with van der Waals surface area (Å²) in [4.78, 5) is 7.16. The first-order valence-corrected chi connectivity index (χ1v) is 12.2. The molecule has 4 aromatic heterocycles. The van der Waals surface area contributed by atoms with Crippen LogP contribution in [0.3, 0.4) is 0 Å². The first-order valence-electron chi connectivity index (χ1n) is 10.4. The Balaban J connectivity index is 1.51. The van der Waals surface area contributed by atoms with Gasteiger partial charge in [-0.2, -0.15) is 4.52 Å². The largest absolute Gasteiger partial charge is 0.370 e. The van der Waals surface area contributed by atoms with Crippen LogP contribution < -0.4 is 0 Å². The fraction of sp³-hybridized carbons (Fsp3) is 0.364. The van der Waals surface area contributed by atoms with Crippen molar-refractivity contribution in [2.24, 2.45) is 0 Å². The molecule has 31 heavy (non-hydrogen) atoms. The number of thioether (sulfide) groups is 1. The Morgan fingerprint density at radius 3 is 2.87 bits per heavy atom. The second-order valence-corrected chi connectivity index (χ2v) is 10.7. The van der Waals surface area contributed by atoms with E-state index in [-0.39, 0.29) is 5.60 Å². The lowest BCUT2D eigenvalue weighted by molar-refractivity contribution is -0.0379. The normalized spacial score (nSPS) is 15.8. The second-order valence-electron chi connectivity index (χ2n) is 8.51. The van der Waals surface area contributed by atoms with Gasteiger partial charge in [0.15, 0.2) is 10.8 Å². The summed E-state index contributed by atoms with van der Waals surface area (Å²) in [5, 5.41) is 15.7. The fourth-order valence-electron chi connectivity index (χ4n) is 4.22. The van der Waals surface area contributed by atoms with Gasteiger partial charge >= 0.3 is 0 Å². The molecule has 1 aliphatic rings. The molecular formula is C22H22N6OS2. The number of hydrogen-bond acceptors (Lipinski definition) is 7. The predicted octanol–water partition coefficient (Wildman–Crippen LogP) is 4.48. The topological polar surface area (TPSA) is 69.6 Å². The van der Waals surface area contributed by atoms with Crippen LogP contribution in [-0.2, 0) is 24.2 Å². The highest BCUT2D eigenvalue weighted by atomic mass is 32.2. The standard InChI is InChI=1S/C22H22N6OS2/c1-13-23-18-17-15-11-22(2,3)29-12-16(15)31-19(17)27-20(28(18)26-13)24-25-21(27)30-10-9-14-7-5-4-6-8-14/h4-8H,9-12H2,1-3H3. The van der Waals surface area contributed by atoms with Gasteiger partial charge < -0.3 is 4.74 Å². The number of aromatic nitrogens is 6. The van der Waals surface area contributed by atoms with Gasteiger partial charge in [-0.3, -0.25) is 0 Å². The molecule has 7 nitrogen and oxygen atoms in total. The first kappa shape index (κ1) is 19.2. The summed E-state index contributed by atoms with van der Waals surface area (Å²) in [7, 11) is 0. The molecule has 0 unspecified atom stereocenters. The van der Waals surface area contributed by atoms with Crippen LogP contribution in [0, 0.1) is 6.92 Å². The molecule has 9 heteroatoms. The molecule has 6 rings (SSSR count). The lowest BCUT2D eigenvalue weighted by Gasteiger charge is -2.30. The third-order valence-corrected chi connectivity index (χ3v) is 7.80. The third-order valence-electron chi connectivity index (χ3n) is 5.68. The third kappa shape index (κ3) is 3.14. The highest BCUT2D eigenvalue weighted by molar-refractivity contribution is 7.99. The van der Waals surface area contributed by atoms with Crippen molar-refractivity contribution < 1.29 is 4.74 Å². The van der Waals surface area contributed by atoms with E-state index in [1.165, 1.54) is 16.0 Å². The van der Waals surface area contributed by atoms with Crippen LogP contribution in [0.5, 0.6) is 0 Å². The van der Waals surface area contributed by atoms with Crippen LogP contribution in [0.15, 0.2) is 35.5 Å². The maximum atomic E-state index is 6.10. The summed E-state index contributed by atoms with van der Waals surface area (Å²) < 4.78 is 10.1. The van der Waals surface area contributed by atoms with E-state index < -0.39 is 0 Å². The van der Waals surface area contributed by atoms with E-state index in [1.807, 2.05) is 17.5 Å². The van der Waals surface area contributed by atoms with Crippen molar-refractivity contribution in [2.75, 3.05) is 5.75 Å². The zero-order valence-electron chi connectivity index (χ0n) is 17.6. The molecule has 1 aromatic carbocycles. The minimum absolute atomic E-state index is 0.192. The van der Waals surface area contributed by atoms with Gasteiger partial charge in [-0.05, 0) is 38.3 Å². The zero-order valence-corrected chi connectivity index (χ0v) is 19.3. The van der Waals surface area contributed by atoms with Crippen LogP contribution >= 0.6 is 23.1 Å². The van der Waals surface area contributed by atoms with Crippen LogP contribution in [0.2, 0.25) is 0 Å². The molecule has 0 spiro atoms. The van der Waals surface area contributed by atoms with E-state index in [1.54, 1.807) is 23.1 Å². The molecule has 5 aromatic rings. The monoisotopic (exact) mass is 450 g/mol. The van der Waals surface area contributed by atoms with Gasteiger partial charge in [0.2, 0.25) is 0 Å². The molecule has 0 saturated carbocycles. The van der Waals surface area contributed by atoms with Gasteiger partial charge in [0, 0.05) is 17.1 Å². The Labute approximate surface area is 187 Å². The molecule has 0 aliphatic carbocycles. The second kappa shape index (κ2) is 7.01. The summed E-state index contributed by atoms with van der Waals surface area (Å²) in [5.41, 5.74) is 3.32. The minimum Gasteiger partial charge on any atom is -0.370 e. The number of thiophene rings is 1. The lowest BCUT2D eigenvalue weighted by atomic mass is 9.94. The molecule has 0 N–H and O–H groups in total. The predicted molar refractivity (Wildman–Crippen MR) is 123 cm³/mol. The van der Waals surface area contributed by atoms with Gasteiger partial charge in [-0.1, -0.05) is 42.1 Å². The molecule has 0 saturated heterocycles. The summed E-state index contributed by atoms with van der Waals surface area (Å²) in [6.45, 7) is 6.84. The molecule has 0 radical (unpaired) electrons. The van der Waals surface area contributed by atoms with E-state index in [2.05, 4.69) is 57.8 Å². The Morgan fingerprint density at radius 2 is 2.03 bits per heavy atom. The molecule has 5 heterocycles. The Morgan fingerprint density at radius 1 is 1.19 bits per heavy atom. The average Bonchev–Trinajstić information content (AvgIpc) is 3.42. The molecule has 0 amide bonds. The maximum absolute atomic E-state index is 6.10. The molecule has 0 atom stereocenters.